The van der Waals surface area contributed by atoms with Crippen LogP contribution < -0.4 is 0 Å². The van der Waals surface area contributed by atoms with Gasteiger partial charge in [0.2, 0.25) is 0 Å². The van der Waals surface area contributed by atoms with Gasteiger partial charge in [0.05, 0.1) is 5.56 Å². The Kier molecular flexibility index (Phi) is 8.28. The number of aryl methyl sites for hydroxylation is 2. The normalized spacial score (nSPS) is 11.0. The molecular weight excluding hydrogens is 367 g/mol. The summed E-state index contributed by atoms with van der Waals surface area (Å²) < 4.78 is 15.0. The first-order valence-corrected chi connectivity index (χ1v) is 11.1. The highest BCUT2D eigenvalue weighted by atomic mass is 19.1. The summed E-state index contributed by atoms with van der Waals surface area (Å²) in [6.07, 6.45) is 12.4. The maximum Gasteiger partial charge on any atom is 0.146 e. The molecule has 3 aromatic carbocycles. The number of rotatable bonds is 8. The first kappa shape index (κ1) is 21.8. The van der Waals surface area contributed by atoms with Gasteiger partial charge in [0.1, 0.15) is 5.82 Å². The van der Waals surface area contributed by atoms with Crippen LogP contribution >= 0.6 is 0 Å². The van der Waals surface area contributed by atoms with Crippen LogP contribution in [0.25, 0.3) is 10.8 Å². The van der Waals surface area contributed by atoms with E-state index in [-0.39, 0.29) is 5.82 Å². The second kappa shape index (κ2) is 11.4. The molecule has 0 aliphatic rings. The Labute approximate surface area is 180 Å². The Balaban J connectivity index is 1.71. The molecule has 0 bridgehead atoms. The highest BCUT2D eigenvalue weighted by Crippen LogP contribution is 2.23. The molecule has 0 radical (unpaired) electrons. The van der Waals surface area contributed by atoms with Crippen LogP contribution in [-0.2, 0) is 12.8 Å². The van der Waals surface area contributed by atoms with Crippen molar-refractivity contribution in [3.05, 3.63) is 94.8 Å². The smallest absolute Gasteiger partial charge is 0.146 e. The van der Waals surface area contributed by atoms with Crippen molar-refractivity contribution in [2.75, 3.05) is 0 Å². The van der Waals surface area contributed by atoms with Crippen LogP contribution in [0, 0.1) is 17.7 Å². The number of unbranched alkanes of at least 4 members (excludes halogenated alkanes) is 3. The zero-order valence-corrected chi connectivity index (χ0v) is 18.2. The lowest BCUT2D eigenvalue weighted by molar-refractivity contribution is 0.636. The van der Waals surface area contributed by atoms with Gasteiger partial charge in [0.15, 0.2) is 0 Å². The summed E-state index contributed by atoms with van der Waals surface area (Å²) in [5.74, 6) is 5.91. The Morgan fingerprint density at radius 3 is 2.40 bits per heavy atom. The molecule has 0 nitrogen and oxygen atoms in total. The van der Waals surface area contributed by atoms with Crippen molar-refractivity contribution in [1.29, 1.82) is 0 Å². The highest BCUT2D eigenvalue weighted by Gasteiger charge is 2.06. The molecular formula is C29H31F. The lowest BCUT2D eigenvalue weighted by Gasteiger charge is -2.05. The molecule has 154 valence electrons. The topological polar surface area (TPSA) is 0 Å². The first-order chi connectivity index (χ1) is 14.7. The summed E-state index contributed by atoms with van der Waals surface area (Å²) in [5, 5.41) is 1.57. The Morgan fingerprint density at radius 1 is 0.833 bits per heavy atom. The second-order valence-corrected chi connectivity index (χ2v) is 7.85. The zero-order chi connectivity index (χ0) is 21.2. The number of fused-ring (bicyclic) bond motifs is 1. The van der Waals surface area contributed by atoms with E-state index in [0.717, 1.165) is 30.2 Å². The predicted octanol–water partition coefficient (Wildman–Crippen LogP) is 8.01. The lowest BCUT2D eigenvalue weighted by Crippen LogP contribution is -1.90. The van der Waals surface area contributed by atoms with Crippen LogP contribution in [0.15, 0.2) is 66.7 Å². The van der Waals surface area contributed by atoms with Gasteiger partial charge in [-0.3, -0.25) is 0 Å². The molecule has 0 fully saturated rings. The van der Waals surface area contributed by atoms with Gasteiger partial charge < -0.3 is 0 Å². The molecule has 0 amide bonds. The summed E-state index contributed by atoms with van der Waals surface area (Å²) >= 11 is 0. The minimum absolute atomic E-state index is 0.229. The summed E-state index contributed by atoms with van der Waals surface area (Å²) in [6, 6.07) is 18.1. The third-order valence-corrected chi connectivity index (χ3v) is 5.47. The van der Waals surface area contributed by atoms with E-state index in [1.54, 1.807) is 6.07 Å². The van der Waals surface area contributed by atoms with Crippen LogP contribution in [0.2, 0.25) is 0 Å². The summed E-state index contributed by atoms with van der Waals surface area (Å²) in [6.45, 7) is 4.26. The standard InChI is InChI=1S/C29H31F/c1-3-5-7-9-10-23-12-14-24(15-13-23)16-18-26-19-20-27-22-25(11-8-6-4-2)17-21-28(27)29(26)30/h4,6,12-15,17,19-22H,3,5,7-11H2,1-2H3/b6-4+. The average molecular weight is 399 g/mol. The fourth-order valence-corrected chi connectivity index (χ4v) is 3.66. The van der Waals surface area contributed by atoms with Gasteiger partial charge in [0.25, 0.3) is 0 Å². The molecule has 3 rings (SSSR count). The largest absolute Gasteiger partial charge is 0.205 e. The second-order valence-electron chi connectivity index (χ2n) is 7.85. The van der Waals surface area contributed by atoms with Gasteiger partial charge in [-0.15, -0.1) is 0 Å². The molecule has 30 heavy (non-hydrogen) atoms. The molecule has 0 aliphatic carbocycles. The third-order valence-electron chi connectivity index (χ3n) is 5.47. The van der Waals surface area contributed by atoms with E-state index in [0.29, 0.717) is 10.9 Å². The van der Waals surface area contributed by atoms with Crippen LogP contribution in [0.5, 0.6) is 0 Å². The quantitative estimate of drug-likeness (QED) is 0.205. The Hall–Kier alpha value is -2.85. The minimum atomic E-state index is -0.229. The molecule has 0 heterocycles. The molecule has 0 saturated carbocycles. The van der Waals surface area contributed by atoms with Crippen molar-refractivity contribution < 1.29 is 4.39 Å². The van der Waals surface area contributed by atoms with Crippen LogP contribution in [0.3, 0.4) is 0 Å². The van der Waals surface area contributed by atoms with Crippen molar-refractivity contribution in [2.45, 2.75) is 58.8 Å². The van der Waals surface area contributed by atoms with E-state index in [4.69, 9.17) is 0 Å². The van der Waals surface area contributed by atoms with Gasteiger partial charge in [-0.05, 0) is 67.3 Å². The number of hydrogen-bond acceptors (Lipinski definition) is 0. The fraction of sp³-hybridized carbons (Fsp3) is 0.310. The Bertz CT molecular complexity index is 1050. The predicted molar refractivity (Wildman–Crippen MR) is 127 cm³/mol. The first-order valence-electron chi connectivity index (χ1n) is 11.1. The molecule has 0 saturated heterocycles. The average Bonchev–Trinajstić information content (AvgIpc) is 2.77. The van der Waals surface area contributed by atoms with E-state index in [9.17, 15) is 4.39 Å². The number of allylic oxidation sites excluding steroid dienone is 2. The van der Waals surface area contributed by atoms with E-state index in [1.165, 1.54) is 36.8 Å². The fourth-order valence-electron chi connectivity index (χ4n) is 3.66. The molecule has 0 unspecified atom stereocenters. The SMILES string of the molecule is C/C=C/CCc1ccc2c(F)c(C#Cc3ccc(CCCCCC)cc3)ccc2c1. The van der Waals surface area contributed by atoms with E-state index < -0.39 is 0 Å². The van der Waals surface area contributed by atoms with Crippen molar-refractivity contribution in [3.8, 4) is 11.8 Å². The maximum atomic E-state index is 15.0. The molecule has 1 heteroatoms. The van der Waals surface area contributed by atoms with Crippen molar-refractivity contribution >= 4 is 10.8 Å². The molecule has 0 aliphatic heterocycles. The Morgan fingerprint density at radius 2 is 1.63 bits per heavy atom. The molecule has 3 aromatic rings. The number of benzene rings is 3. The van der Waals surface area contributed by atoms with Crippen molar-refractivity contribution in [2.24, 2.45) is 0 Å². The monoisotopic (exact) mass is 398 g/mol. The summed E-state index contributed by atoms with van der Waals surface area (Å²) in [7, 11) is 0. The highest BCUT2D eigenvalue weighted by molar-refractivity contribution is 5.85. The molecule has 0 N–H and O–H groups in total. The van der Waals surface area contributed by atoms with E-state index >= 15 is 0 Å². The number of halogens is 1. The van der Waals surface area contributed by atoms with Gasteiger partial charge in [-0.1, -0.05) is 86.6 Å². The molecule has 0 atom stereocenters. The molecule has 0 aromatic heterocycles. The maximum absolute atomic E-state index is 15.0. The van der Waals surface area contributed by atoms with Crippen molar-refractivity contribution in [1.82, 2.24) is 0 Å². The van der Waals surface area contributed by atoms with Crippen molar-refractivity contribution in [3.63, 3.8) is 0 Å². The third kappa shape index (κ3) is 6.07. The summed E-state index contributed by atoms with van der Waals surface area (Å²) in [5.41, 5.74) is 3.95. The minimum Gasteiger partial charge on any atom is -0.205 e. The summed E-state index contributed by atoms with van der Waals surface area (Å²) in [4.78, 5) is 0. The lowest BCUT2D eigenvalue weighted by atomic mass is 10.0. The van der Waals surface area contributed by atoms with E-state index in [2.05, 4.69) is 49.1 Å². The van der Waals surface area contributed by atoms with Crippen LogP contribution in [0.1, 0.15) is 68.2 Å². The van der Waals surface area contributed by atoms with Gasteiger partial charge in [-0.25, -0.2) is 4.39 Å². The van der Waals surface area contributed by atoms with Crippen LogP contribution in [0.4, 0.5) is 4.39 Å². The van der Waals surface area contributed by atoms with Gasteiger partial charge in [-0.2, -0.15) is 0 Å². The van der Waals surface area contributed by atoms with Gasteiger partial charge in [0, 0.05) is 10.9 Å². The zero-order valence-electron chi connectivity index (χ0n) is 18.2. The molecule has 0 spiro atoms. The van der Waals surface area contributed by atoms with Gasteiger partial charge >= 0.3 is 0 Å². The number of hydrogen-bond donors (Lipinski definition) is 0. The van der Waals surface area contributed by atoms with E-state index in [1.807, 2.05) is 37.3 Å². The van der Waals surface area contributed by atoms with Crippen LogP contribution in [-0.4, -0.2) is 0 Å².